The number of aliphatic carboxylic acids is 1. The summed E-state index contributed by atoms with van der Waals surface area (Å²) in [6.45, 7) is 2.52. The molecule has 0 saturated carbocycles. The Labute approximate surface area is 84.8 Å². The number of likely N-dealkylation sites (N-methyl/N-ethyl adjacent to an activating group) is 1. The van der Waals surface area contributed by atoms with Gasteiger partial charge in [-0.1, -0.05) is 0 Å². The van der Waals surface area contributed by atoms with Crippen LogP contribution < -0.4 is 0 Å². The predicted molar refractivity (Wildman–Crippen MR) is 53.3 cm³/mol. The third-order valence-electron chi connectivity index (χ3n) is 2.66. The maximum Gasteiger partial charge on any atom is 0.303 e. The first-order chi connectivity index (χ1) is 6.70. The minimum Gasteiger partial charge on any atom is -0.481 e. The van der Waals surface area contributed by atoms with Crippen LogP contribution in [0.3, 0.4) is 0 Å². The minimum absolute atomic E-state index is 0.262. The fraction of sp³-hybridized carbons (Fsp3) is 0.900. The molecule has 1 aliphatic rings. The van der Waals surface area contributed by atoms with Gasteiger partial charge in [-0.25, -0.2) is 0 Å². The molecule has 0 amide bonds. The molecule has 1 heterocycles. The SMILES string of the molecule is CN(CCCC(=O)O)C1CCCOC1. The molecule has 1 aliphatic heterocycles. The van der Waals surface area contributed by atoms with E-state index >= 15 is 0 Å². The van der Waals surface area contributed by atoms with E-state index in [1.54, 1.807) is 0 Å². The Morgan fingerprint density at radius 2 is 2.43 bits per heavy atom. The Bertz CT molecular complexity index is 178. The first-order valence-electron chi connectivity index (χ1n) is 5.20. The Morgan fingerprint density at radius 3 is 3.00 bits per heavy atom. The minimum atomic E-state index is -0.710. The summed E-state index contributed by atoms with van der Waals surface area (Å²) in [6, 6.07) is 0.484. The highest BCUT2D eigenvalue weighted by Gasteiger charge is 2.17. The Balaban J connectivity index is 2.13. The molecule has 1 N–H and O–H groups in total. The maximum absolute atomic E-state index is 10.3. The zero-order valence-corrected chi connectivity index (χ0v) is 8.74. The normalized spacial score (nSPS) is 22.6. The van der Waals surface area contributed by atoms with Crippen LogP contribution in [0.25, 0.3) is 0 Å². The summed E-state index contributed by atoms with van der Waals surface area (Å²) < 4.78 is 5.37. The fourth-order valence-electron chi connectivity index (χ4n) is 1.73. The molecule has 1 atom stereocenters. The van der Waals surface area contributed by atoms with Crippen molar-refractivity contribution in [2.45, 2.75) is 31.7 Å². The average Bonchev–Trinajstić information content (AvgIpc) is 2.18. The van der Waals surface area contributed by atoms with Crippen LogP contribution in [0.1, 0.15) is 25.7 Å². The van der Waals surface area contributed by atoms with Crippen LogP contribution in [0.5, 0.6) is 0 Å². The number of carboxylic acids is 1. The molecule has 1 fully saturated rings. The van der Waals surface area contributed by atoms with E-state index in [4.69, 9.17) is 9.84 Å². The summed E-state index contributed by atoms with van der Waals surface area (Å²) in [7, 11) is 2.04. The second-order valence-corrected chi connectivity index (χ2v) is 3.85. The second-order valence-electron chi connectivity index (χ2n) is 3.85. The van der Waals surface area contributed by atoms with Gasteiger partial charge in [0.15, 0.2) is 0 Å². The lowest BCUT2D eigenvalue weighted by Crippen LogP contribution is -2.39. The standard InChI is InChI=1S/C10H19NO3/c1-11(6-2-5-10(12)13)9-4-3-7-14-8-9/h9H,2-8H2,1H3,(H,12,13). The predicted octanol–water partition coefficient (Wildman–Crippen LogP) is 0.962. The lowest BCUT2D eigenvalue weighted by molar-refractivity contribution is -0.137. The van der Waals surface area contributed by atoms with Crippen LogP contribution in [0.2, 0.25) is 0 Å². The molecular weight excluding hydrogens is 182 g/mol. The molecule has 1 unspecified atom stereocenters. The molecule has 82 valence electrons. The number of nitrogens with zero attached hydrogens (tertiary/aromatic N) is 1. The van der Waals surface area contributed by atoms with E-state index in [1.807, 2.05) is 7.05 Å². The third-order valence-corrected chi connectivity index (χ3v) is 2.66. The zero-order chi connectivity index (χ0) is 10.4. The maximum atomic E-state index is 10.3. The van der Waals surface area contributed by atoms with E-state index in [0.29, 0.717) is 6.04 Å². The molecule has 1 rings (SSSR count). The highest BCUT2D eigenvalue weighted by molar-refractivity contribution is 5.66. The molecular formula is C10H19NO3. The molecule has 0 aromatic heterocycles. The van der Waals surface area contributed by atoms with Crippen LogP contribution in [-0.4, -0.2) is 48.8 Å². The van der Waals surface area contributed by atoms with E-state index < -0.39 is 5.97 Å². The first-order valence-corrected chi connectivity index (χ1v) is 5.20. The molecule has 0 aromatic carbocycles. The quantitative estimate of drug-likeness (QED) is 0.720. The number of carboxylic acid groups (broad SMARTS) is 1. The highest BCUT2D eigenvalue weighted by atomic mass is 16.5. The Morgan fingerprint density at radius 1 is 1.64 bits per heavy atom. The van der Waals surface area contributed by atoms with Gasteiger partial charge in [0, 0.05) is 19.1 Å². The second kappa shape index (κ2) is 5.98. The summed E-state index contributed by atoms with van der Waals surface area (Å²) >= 11 is 0. The van der Waals surface area contributed by atoms with Crippen LogP contribution in [0.4, 0.5) is 0 Å². The van der Waals surface area contributed by atoms with Crippen molar-refractivity contribution in [1.82, 2.24) is 4.90 Å². The summed E-state index contributed by atoms with van der Waals surface area (Å²) in [4.78, 5) is 12.5. The number of rotatable bonds is 5. The lowest BCUT2D eigenvalue weighted by Gasteiger charge is -2.30. The van der Waals surface area contributed by atoms with E-state index in [1.165, 1.54) is 6.42 Å². The van der Waals surface area contributed by atoms with Crippen LogP contribution in [0, 0.1) is 0 Å². The molecule has 0 aromatic rings. The van der Waals surface area contributed by atoms with Gasteiger partial charge < -0.3 is 14.7 Å². The Kier molecular flexibility index (Phi) is 4.90. The number of ether oxygens (including phenoxy) is 1. The van der Waals surface area contributed by atoms with Crippen LogP contribution >= 0.6 is 0 Å². The van der Waals surface area contributed by atoms with Crippen molar-refractivity contribution in [2.24, 2.45) is 0 Å². The van der Waals surface area contributed by atoms with Crippen molar-refractivity contribution in [3.05, 3.63) is 0 Å². The number of carbonyl (C=O) groups is 1. The van der Waals surface area contributed by atoms with Crippen LogP contribution in [-0.2, 0) is 9.53 Å². The monoisotopic (exact) mass is 201 g/mol. The van der Waals surface area contributed by atoms with Gasteiger partial charge in [-0.2, -0.15) is 0 Å². The summed E-state index contributed by atoms with van der Waals surface area (Å²) in [5, 5.41) is 8.49. The molecule has 4 nitrogen and oxygen atoms in total. The number of hydrogen-bond acceptors (Lipinski definition) is 3. The number of hydrogen-bond donors (Lipinski definition) is 1. The van der Waals surface area contributed by atoms with Gasteiger partial charge >= 0.3 is 5.97 Å². The summed E-state index contributed by atoms with van der Waals surface area (Å²) in [5.74, 6) is -0.710. The van der Waals surface area contributed by atoms with Gasteiger partial charge in [0.2, 0.25) is 0 Å². The molecule has 0 spiro atoms. The van der Waals surface area contributed by atoms with E-state index in [-0.39, 0.29) is 6.42 Å². The van der Waals surface area contributed by atoms with Gasteiger partial charge in [0.05, 0.1) is 6.61 Å². The van der Waals surface area contributed by atoms with Crippen molar-refractivity contribution < 1.29 is 14.6 Å². The lowest BCUT2D eigenvalue weighted by atomic mass is 10.1. The van der Waals surface area contributed by atoms with E-state index in [2.05, 4.69) is 4.90 Å². The van der Waals surface area contributed by atoms with Gasteiger partial charge in [-0.15, -0.1) is 0 Å². The van der Waals surface area contributed by atoms with Crippen molar-refractivity contribution >= 4 is 5.97 Å². The van der Waals surface area contributed by atoms with E-state index in [0.717, 1.165) is 32.6 Å². The summed E-state index contributed by atoms with van der Waals surface area (Å²) in [6.07, 6.45) is 3.28. The van der Waals surface area contributed by atoms with Crippen molar-refractivity contribution in [3.63, 3.8) is 0 Å². The highest BCUT2D eigenvalue weighted by Crippen LogP contribution is 2.12. The first kappa shape index (κ1) is 11.5. The van der Waals surface area contributed by atoms with Crippen LogP contribution in [0.15, 0.2) is 0 Å². The van der Waals surface area contributed by atoms with E-state index in [9.17, 15) is 4.79 Å². The topological polar surface area (TPSA) is 49.8 Å². The summed E-state index contributed by atoms with van der Waals surface area (Å²) in [5.41, 5.74) is 0. The molecule has 0 aliphatic carbocycles. The molecule has 14 heavy (non-hydrogen) atoms. The Hall–Kier alpha value is -0.610. The third kappa shape index (κ3) is 4.07. The van der Waals surface area contributed by atoms with Gasteiger partial charge in [-0.3, -0.25) is 4.79 Å². The van der Waals surface area contributed by atoms with Crippen molar-refractivity contribution in [1.29, 1.82) is 0 Å². The molecule has 0 bridgehead atoms. The zero-order valence-electron chi connectivity index (χ0n) is 8.74. The molecule has 4 heteroatoms. The fourth-order valence-corrected chi connectivity index (χ4v) is 1.73. The smallest absolute Gasteiger partial charge is 0.303 e. The van der Waals surface area contributed by atoms with Crippen molar-refractivity contribution in [2.75, 3.05) is 26.8 Å². The van der Waals surface area contributed by atoms with Gasteiger partial charge in [0.25, 0.3) is 0 Å². The van der Waals surface area contributed by atoms with Gasteiger partial charge in [0.1, 0.15) is 0 Å². The molecule has 1 saturated heterocycles. The molecule has 0 radical (unpaired) electrons. The average molecular weight is 201 g/mol. The largest absolute Gasteiger partial charge is 0.481 e. The van der Waals surface area contributed by atoms with Crippen molar-refractivity contribution in [3.8, 4) is 0 Å². The van der Waals surface area contributed by atoms with Gasteiger partial charge in [-0.05, 0) is 32.9 Å².